The lowest BCUT2D eigenvalue weighted by molar-refractivity contribution is 0.217. The van der Waals surface area contributed by atoms with Gasteiger partial charge in [0.15, 0.2) is 9.84 Å². The van der Waals surface area contributed by atoms with Gasteiger partial charge in [-0.2, -0.15) is 0 Å². The first-order chi connectivity index (χ1) is 13.3. The number of ether oxygens (including phenoxy) is 1. The van der Waals surface area contributed by atoms with Gasteiger partial charge < -0.3 is 9.64 Å². The van der Waals surface area contributed by atoms with E-state index >= 15 is 0 Å². The molecule has 0 fully saturated rings. The minimum Gasteiger partial charge on any atom is -0.487 e. The van der Waals surface area contributed by atoms with Crippen molar-refractivity contribution in [3.63, 3.8) is 0 Å². The number of pyridine rings is 1. The fourth-order valence-electron chi connectivity index (χ4n) is 3.20. The van der Waals surface area contributed by atoms with Crippen LogP contribution in [0.25, 0.3) is 0 Å². The van der Waals surface area contributed by atoms with Crippen LogP contribution in [0.15, 0.2) is 46.9 Å². The number of nitrogens with zero attached hydrogens (tertiary/aromatic N) is 3. The number of anilines is 2. The number of benzene rings is 1. The number of thiazole rings is 1. The molecule has 4 rings (SSSR count). The first-order valence-corrected chi connectivity index (χ1v) is 11.6. The van der Waals surface area contributed by atoms with Gasteiger partial charge in [-0.15, -0.1) is 11.3 Å². The van der Waals surface area contributed by atoms with Crippen LogP contribution in [-0.4, -0.2) is 31.0 Å². The number of sulfone groups is 1. The molecule has 9 heteroatoms. The van der Waals surface area contributed by atoms with Crippen LogP contribution in [0.5, 0.6) is 5.75 Å². The van der Waals surface area contributed by atoms with Gasteiger partial charge in [-0.25, -0.2) is 18.4 Å². The average Bonchev–Trinajstić information content (AvgIpc) is 3.13. The topological polar surface area (TPSA) is 72.4 Å². The molecule has 0 radical (unpaired) electrons. The monoisotopic (exact) mass is 435 g/mol. The number of aromatic nitrogens is 2. The van der Waals surface area contributed by atoms with Crippen LogP contribution in [-0.2, 0) is 15.6 Å². The van der Waals surface area contributed by atoms with E-state index < -0.39 is 9.84 Å². The second-order valence-corrected chi connectivity index (χ2v) is 10.1. The van der Waals surface area contributed by atoms with Crippen molar-refractivity contribution in [1.29, 1.82) is 0 Å². The van der Waals surface area contributed by atoms with Gasteiger partial charge in [-0.05, 0) is 37.6 Å². The van der Waals surface area contributed by atoms with Crippen LogP contribution in [0.2, 0.25) is 5.02 Å². The molecule has 2 aromatic heterocycles. The molecule has 0 spiro atoms. The molecule has 1 atom stereocenters. The van der Waals surface area contributed by atoms with Crippen LogP contribution >= 0.6 is 22.9 Å². The van der Waals surface area contributed by atoms with Gasteiger partial charge in [0, 0.05) is 23.8 Å². The summed E-state index contributed by atoms with van der Waals surface area (Å²) in [5, 5.41) is 2.91. The van der Waals surface area contributed by atoms with E-state index in [2.05, 4.69) is 9.97 Å². The molecule has 1 unspecified atom stereocenters. The van der Waals surface area contributed by atoms with Crippen LogP contribution < -0.4 is 9.64 Å². The van der Waals surface area contributed by atoms with Crippen molar-refractivity contribution in [3.8, 4) is 5.75 Å². The van der Waals surface area contributed by atoms with Gasteiger partial charge >= 0.3 is 0 Å². The molecule has 6 nitrogen and oxygen atoms in total. The molecule has 3 aromatic rings. The molecule has 3 heterocycles. The molecular formula is C19H18ClN3O3S2. The Bertz CT molecular complexity index is 1120. The number of aryl methyl sites for hydroxylation is 1. The molecule has 0 bridgehead atoms. The fraction of sp³-hybridized carbons (Fsp3) is 0.263. The Morgan fingerprint density at radius 3 is 2.86 bits per heavy atom. The first-order valence-electron chi connectivity index (χ1n) is 8.65. The van der Waals surface area contributed by atoms with Gasteiger partial charge in [0.1, 0.15) is 28.4 Å². The molecule has 0 aliphatic carbocycles. The number of rotatable bonds is 4. The lowest BCUT2D eigenvalue weighted by Gasteiger charge is -2.35. The minimum absolute atomic E-state index is 0.124. The summed E-state index contributed by atoms with van der Waals surface area (Å²) >= 11 is 7.36. The van der Waals surface area contributed by atoms with Crippen molar-refractivity contribution in [2.75, 3.05) is 11.4 Å². The zero-order chi connectivity index (χ0) is 19.9. The Labute approximate surface area is 172 Å². The van der Waals surface area contributed by atoms with E-state index in [1.165, 1.54) is 11.3 Å². The molecule has 28 heavy (non-hydrogen) atoms. The van der Waals surface area contributed by atoms with Gasteiger partial charge in [-0.1, -0.05) is 11.6 Å². The number of fused-ring (bicyclic) bond motifs is 1. The van der Waals surface area contributed by atoms with Crippen molar-refractivity contribution in [1.82, 2.24) is 9.97 Å². The van der Waals surface area contributed by atoms with Crippen molar-refractivity contribution in [3.05, 3.63) is 57.6 Å². The van der Waals surface area contributed by atoms with E-state index in [1.54, 1.807) is 36.0 Å². The van der Waals surface area contributed by atoms with Crippen LogP contribution in [0.3, 0.4) is 0 Å². The standard InChI is InChI=1S/C19H18ClN3O3S2/c1-12-7-14(20)9-22-19(12)23-10-13(2)26-17-8-15(3-4-16(17)23)28(24,25)11-18-21-5-6-27-18/h3-9,13H,10-11H2,1-2H3. The first kappa shape index (κ1) is 19.2. The third-order valence-corrected chi connectivity index (χ3v) is 7.21. The molecule has 1 aromatic carbocycles. The van der Waals surface area contributed by atoms with Crippen molar-refractivity contribution in [2.24, 2.45) is 0 Å². The maximum Gasteiger partial charge on any atom is 0.185 e. The Morgan fingerprint density at radius 1 is 1.32 bits per heavy atom. The largest absolute Gasteiger partial charge is 0.487 e. The minimum atomic E-state index is -3.51. The number of halogens is 1. The number of hydrogen-bond acceptors (Lipinski definition) is 7. The fourth-order valence-corrected chi connectivity index (χ4v) is 5.68. The van der Waals surface area contributed by atoms with E-state index in [9.17, 15) is 8.42 Å². The van der Waals surface area contributed by atoms with Crippen LogP contribution in [0.1, 0.15) is 17.5 Å². The predicted octanol–water partition coefficient (Wildman–Crippen LogP) is 4.39. The maximum absolute atomic E-state index is 12.8. The summed E-state index contributed by atoms with van der Waals surface area (Å²) in [5.41, 5.74) is 1.72. The Kier molecular flexibility index (Phi) is 5.03. The van der Waals surface area contributed by atoms with E-state index in [0.29, 0.717) is 22.3 Å². The quantitative estimate of drug-likeness (QED) is 0.605. The second-order valence-electron chi connectivity index (χ2n) is 6.65. The predicted molar refractivity (Wildman–Crippen MR) is 111 cm³/mol. The maximum atomic E-state index is 12.8. The zero-order valence-electron chi connectivity index (χ0n) is 15.3. The van der Waals surface area contributed by atoms with Crippen LogP contribution in [0, 0.1) is 6.92 Å². The molecule has 1 aliphatic rings. The summed E-state index contributed by atoms with van der Waals surface area (Å²) in [6, 6.07) is 6.83. The average molecular weight is 436 g/mol. The molecular weight excluding hydrogens is 418 g/mol. The highest BCUT2D eigenvalue weighted by Crippen LogP contribution is 2.40. The van der Waals surface area contributed by atoms with Crippen molar-refractivity contribution >= 4 is 44.3 Å². The molecule has 1 aliphatic heterocycles. The molecule has 0 amide bonds. The lowest BCUT2D eigenvalue weighted by Crippen LogP contribution is -2.36. The van der Waals surface area contributed by atoms with Crippen LogP contribution in [0.4, 0.5) is 11.5 Å². The van der Waals surface area contributed by atoms with E-state index in [4.69, 9.17) is 16.3 Å². The van der Waals surface area contributed by atoms with Gasteiger partial charge in [-0.3, -0.25) is 0 Å². The van der Waals surface area contributed by atoms with Crippen molar-refractivity contribution in [2.45, 2.75) is 30.6 Å². The third-order valence-electron chi connectivity index (χ3n) is 4.42. The summed E-state index contributed by atoms with van der Waals surface area (Å²) in [6.45, 7) is 4.49. The summed E-state index contributed by atoms with van der Waals surface area (Å²) < 4.78 is 31.5. The van der Waals surface area contributed by atoms with Gasteiger partial charge in [0.25, 0.3) is 0 Å². The van der Waals surface area contributed by atoms with Gasteiger partial charge in [0.2, 0.25) is 0 Å². The lowest BCUT2D eigenvalue weighted by atomic mass is 10.1. The highest BCUT2D eigenvalue weighted by Gasteiger charge is 2.28. The molecule has 146 valence electrons. The van der Waals surface area contributed by atoms with E-state index in [-0.39, 0.29) is 16.8 Å². The second kappa shape index (κ2) is 7.35. The van der Waals surface area contributed by atoms with Gasteiger partial charge in [0.05, 0.1) is 22.2 Å². The Hall–Kier alpha value is -2.16. The number of hydrogen-bond donors (Lipinski definition) is 0. The Balaban J connectivity index is 1.73. The highest BCUT2D eigenvalue weighted by atomic mass is 35.5. The van der Waals surface area contributed by atoms with E-state index in [0.717, 1.165) is 17.1 Å². The molecule has 0 saturated heterocycles. The third kappa shape index (κ3) is 3.72. The Morgan fingerprint density at radius 2 is 2.14 bits per heavy atom. The summed E-state index contributed by atoms with van der Waals surface area (Å²) in [4.78, 5) is 10.8. The summed E-state index contributed by atoms with van der Waals surface area (Å²) in [7, 11) is -3.51. The summed E-state index contributed by atoms with van der Waals surface area (Å²) in [6.07, 6.45) is 3.09. The van der Waals surface area contributed by atoms with E-state index in [1.807, 2.05) is 24.8 Å². The zero-order valence-corrected chi connectivity index (χ0v) is 17.7. The van der Waals surface area contributed by atoms with Crippen molar-refractivity contribution < 1.29 is 13.2 Å². The normalized spacial score (nSPS) is 16.5. The smallest absolute Gasteiger partial charge is 0.185 e. The molecule has 0 saturated carbocycles. The SMILES string of the molecule is Cc1cc(Cl)cnc1N1CC(C)Oc2cc(S(=O)(=O)Cc3nccs3)ccc21. The molecule has 0 N–H and O–H groups in total. The highest BCUT2D eigenvalue weighted by molar-refractivity contribution is 7.90. The summed E-state index contributed by atoms with van der Waals surface area (Å²) in [5.74, 6) is 1.18.